The molecule has 3 rings (SSSR count). The lowest BCUT2D eigenvalue weighted by Crippen LogP contribution is -2.13. The first-order valence-electron chi connectivity index (χ1n) is 7.09. The smallest absolute Gasteiger partial charge is 0.121 e. The van der Waals surface area contributed by atoms with Crippen molar-refractivity contribution in [3.05, 3.63) is 59.9 Å². The van der Waals surface area contributed by atoms with Crippen LogP contribution in [0.4, 0.5) is 0 Å². The summed E-state index contributed by atoms with van der Waals surface area (Å²) in [6.07, 6.45) is 0.803. The molecule has 1 aromatic heterocycles. The molecule has 0 aliphatic carbocycles. The van der Waals surface area contributed by atoms with E-state index in [9.17, 15) is 0 Å². The lowest BCUT2D eigenvalue weighted by molar-refractivity contribution is 0.415. The molecule has 1 heterocycles. The lowest BCUT2D eigenvalue weighted by Gasteiger charge is -2.08. The first kappa shape index (κ1) is 13.6. The number of ether oxygens (including phenoxy) is 1. The summed E-state index contributed by atoms with van der Waals surface area (Å²) in [5.74, 6) is 1.88. The number of imidazole rings is 1. The van der Waals surface area contributed by atoms with E-state index < -0.39 is 0 Å². The van der Waals surface area contributed by atoms with Gasteiger partial charge in [0.1, 0.15) is 11.6 Å². The van der Waals surface area contributed by atoms with Crippen molar-refractivity contribution in [2.24, 2.45) is 5.73 Å². The molecule has 0 aliphatic rings. The fourth-order valence-corrected chi connectivity index (χ4v) is 2.57. The maximum absolute atomic E-state index is 5.76. The number of benzene rings is 2. The van der Waals surface area contributed by atoms with E-state index in [2.05, 4.69) is 16.7 Å². The number of methoxy groups -OCH3 is 1. The summed E-state index contributed by atoms with van der Waals surface area (Å²) >= 11 is 0. The Balaban J connectivity index is 2.06. The molecule has 0 spiro atoms. The molecule has 0 unspecified atom stereocenters. The Morgan fingerprint density at radius 1 is 1.14 bits per heavy atom. The maximum atomic E-state index is 5.76. The summed E-state index contributed by atoms with van der Waals surface area (Å²) in [6.45, 7) is 1.34. The number of aromatic nitrogens is 2. The van der Waals surface area contributed by atoms with Crippen LogP contribution in [-0.4, -0.2) is 23.2 Å². The van der Waals surface area contributed by atoms with Crippen molar-refractivity contribution in [2.45, 2.75) is 13.0 Å². The highest BCUT2D eigenvalue weighted by Gasteiger charge is 2.11. The topological polar surface area (TPSA) is 53.1 Å². The standard InChI is InChI=1S/C17H19N3O/c1-21-14-7-8-15-16(12-14)20(10-9-18)17(19-15)11-13-5-3-2-4-6-13/h2-8,12H,9-11,18H2,1H3. The molecule has 0 aliphatic heterocycles. The Labute approximate surface area is 124 Å². The molecule has 2 N–H and O–H groups in total. The van der Waals surface area contributed by atoms with Crippen molar-refractivity contribution < 1.29 is 4.74 Å². The van der Waals surface area contributed by atoms with Crippen molar-refractivity contribution >= 4 is 11.0 Å². The molecule has 0 saturated carbocycles. The molecule has 0 fully saturated rings. The summed E-state index contributed by atoms with van der Waals surface area (Å²) < 4.78 is 7.50. The predicted molar refractivity (Wildman–Crippen MR) is 84.6 cm³/mol. The summed E-state index contributed by atoms with van der Waals surface area (Å²) in [7, 11) is 1.68. The fourth-order valence-electron chi connectivity index (χ4n) is 2.57. The number of hydrogen-bond acceptors (Lipinski definition) is 3. The van der Waals surface area contributed by atoms with Gasteiger partial charge in [-0.05, 0) is 17.7 Å². The van der Waals surface area contributed by atoms with E-state index >= 15 is 0 Å². The van der Waals surface area contributed by atoms with Crippen LogP contribution in [-0.2, 0) is 13.0 Å². The predicted octanol–water partition coefficient (Wildman–Crippen LogP) is 2.59. The van der Waals surface area contributed by atoms with E-state index in [1.165, 1.54) is 5.56 Å². The van der Waals surface area contributed by atoms with Crippen LogP contribution in [0.3, 0.4) is 0 Å². The van der Waals surface area contributed by atoms with Gasteiger partial charge in [-0.2, -0.15) is 0 Å². The fraction of sp³-hybridized carbons (Fsp3) is 0.235. The van der Waals surface area contributed by atoms with Crippen LogP contribution >= 0.6 is 0 Å². The van der Waals surface area contributed by atoms with Crippen molar-refractivity contribution in [1.29, 1.82) is 0 Å². The third-order valence-corrected chi connectivity index (χ3v) is 3.59. The van der Waals surface area contributed by atoms with Gasteiger partial charge in [-0.25, -0.2) is 4.98 Å². The van der Waals surface area contributed by atoms with E-state index in [4.69, 9.17) is 15.5 Å². The number of rotatable bonds is 5. The van der Waals surface area contributed by atoms with E-state index in [1.807, 2.05) is 36.4 Å². The van der Waals surface area contributed by atoms with Gasteiger partial charge in [0.25, 0.3) is 0 Å². The van der Waals surface area contributed by atoms with Crippen LogP contribution in [0.25, 0.3) is 11.0 Å². The zero-order valence-corrected chi connectivity index (χ0v) is 12.1. The SMILES string of the molecule is COc1ccc2nc(Cc3ccccc3)n(CCN)c2c1. The molecule has 4 heteroatoms. The summed E-state index contributed by atoms with van der Waals surface area (Å²) in [5, 5.41) is 0. The number of nitrogens with two attached hydrogens (primary N) is 1. The normalized spacial score (nSPS) is 11.0. The van der Waals surface area contributed by atoms with Gasteiger partial charge in [0, 0.05) is 25.6 Å². The number of fused-ring (bicyclic) bond motifs is 1. The zero-order valence-electron chi connectivity index (χ0n) is 12.1. The van der Waals surface area contributed by atoms with Crippen LogP contribution in [0.15, 0.2) is 48.5 Å². The zero-order chi connectivity index (χ0) is 14.7. The van der Waals surface area contributed by atoms with E-state index in [0.29, 0.717) is 6.54 Å². The van der Waals surface area contributed by atoms with E-state index in [-0.39, 0.29) is 0 Å². The van der Waals surface area contributed by atoms with Crippen molar-refractivity contribution in [3.63, 3.8) is 0 Å². The molecule has 2 aromatic carbocycles. The third kappa shape index (κ3) is 2.76. The van der Waals surface area contributed by atoms with Gasteiger partial charge in [-0.1, -0.05) is 30.3 Å². The van der Waals surface area contributed by atoms with Gasteiger partial charge in [0.2, 0.25) is 0 Å². The summed E-state index contributed by atoms with van der Waals surface area (Å²) in [6, 6.07) is 16.3. The molecular weight excluding hydrogens is 262 g/mol. The monoisotopic (exact) mass is 281 g/mol. The first-order chi connectivity index (χ1) is 10.3. The Morgan fingerprint density at radius 3 is 2.67 bits per heavy atom. The van der Waals surface area contributed by atoms with E-state index in [1.54, 1.807) is 7.11 Å². The molecular formula is C17H19N3O. The highest BCUT2D eigenvalue weighted by molar-refractivity contribution is 5.78. The Hall–Kier alpha value is -2.33. The molecule has 0 radical (unpaired) electrons. The van der Waals surface area contributed by atoms with Gasteiger partial charge in [0.15, 0.2) is 0 Å². The Morgan fingerprint density at radius 2 is 1.95 bits per heavy atom. The van der Waals surface area contributed by atoms with Crippen molar-refractivity contribution in [3.8, 4) is 5.75 Å². The van der Waals surface area contributed by atoms with Crippen LogP contribution in [0.5, 0.6) is 5.75 Å². The second kappa shape index (κ2) is 5.97. The Bertz CT molecular complexity index is 734. The molecule has 0 saturated heterocycles. The largest absolute Gasteiger partial charge is 0.497 e. The average molecular weight is 281 g/mol. The van der Waals surface area contributed by atoms with Crippen molar-refractivity contribution in [1.82, 2.24) is 9.55 Å². The van der Waals surface area contributed by atoms with Gasteiger partial charge in [0.05, 0.1) is 18.1 Å². The average Bonchev–Trinajstić information content (AvgIpc) is 2.85. The second-order valence-electron chi connectivity index (χ2n) is 4.99. The molecule has 0 amide bonds. The summed E-state index contributed by atoms with van der Waals surface area (Å²) in [5.41, 5.74) is 9.07. The van der Waals surface area contributed by atoms with Gasteiger partial charge in [-0.15, -0.1) is 0 Å². The van der Waals surface area contributed by atoms with E-state index in [0.717, 1.165) is 35.6 Å². The maximum Gasteiger partial charge on any atom is 0.121 e. The third-order valence-electron chi connectivity index (χ3n) is 3.59. The van der Waals surface area contributed by atoms with Crippen LogP contribution in [0.1, 0.15) is 11.4 Å². The minimum atomic E-state index is 0.588. The number of nitrogens with zero attached hydrogens (tertiary/aromatic N) is 2. The minimum Gasteiger partial charge on any atom is -0.497 e. The molecule has 0 atom stereocenters. The van der Waals surface area contributed by atoms with Crippen LogP contribution in [0, 0.1) is 0 Å². The highest BCUT2D eigenvalue weighted by atomic mass is 16.5. The van der Waals surface area contributed by atoms with Gasteiger partial charge < -0.3 is 15.0 Å². The lowest BCUT2D eigenvalue weighted by atomic mass is 10.1. The number of hydrogen-bond donors (Lipinski definition) is 1. The quantitative estimate of drug-likeness (QED) is 0.782. The molecule has 4 nitrogen and oxygen atoms in total. The summed E-state index contributed by atoms with van der Waals surface area (Å²) in [4.78, 5) is 4.75. The first-order valence-corrected chi connectivity index (χ1v) is 7.09. The van der Waals surface area contributed by atoms with Gasteiger partial charge >= 0.3 is 0 Å². The van der Waals surface area contributed by atoms with Crippen LogP contribution < -0.4 is 10.5 Å². The Kier molecular flexibility index (Phi) is 3.88. The molecule has 3 aromatic rings. The minimum absolute atomic E-state index is 0.588. The molecule has 0 bridgehead atoms. The van der Waals surface area contributed by atoms with Crippen LogP contribution in [0.2, 0.25) is 0 Å². The van der Waals surface area contributed by atoms with Gasteiger partial charge in [-0.3, -0.25) is 0 Å². The molecule has 108 valence electrons. The second-order valence-corrected chi connectivity index (χ2v) is 4.99. The van der Waals surface area contributed by atoms with Crippen molar-refractivity contribution in [2.75, 3.05) is 13.7 Å². The molecule has 21 heavy (non-hydrogen) atoms. The highest BCUT2D eigenvalue weighted by Crippen LogP contribution is 2.23.